The number of nitrogens with zero attached hydrogens (tertiary/aromatic N) is 3. The van der Waals surface area contributed by atoms with Crippen molar-refractivity contribution in [2.45, 2.75) is 5.41 Å². The Kier molecular flexibility index (Phi) is 5.84. The molecule has 1 aliphatic heterocycles. The van der Waals surface area contributed by atoms with E-state index in [0.29, 0.717) is 0 Å². The second-order valence-corrected chi connectivity index (χ2v) is 13.4. The maximum Gasteiger partial charge on any atom is 0.146 e. The molecule has 1 aliphatic carbocycles. The third-order valence-electron chi connectivity index (χ3n) is 10.8. The minimum absolute atomic E-state index is 0.647. The van der Waals surface area contributed by atoms with Gasteiger partial charge in [-0.25, -0.2) is 9.97 Å². The van der Waals surface area contributed by atoms with Crippen LogP contribution in [0.15, 0.2) is 164 Å². The predicted octanol–water partition coefficient (Wildman–Crippen LogP) is 11.4. The molecule has 2 aliphatic rings. The molecule has 9 aromatic rings. The summed E-state index contributed by atoms with van der Waals surface area (Å²) in [4.78, 5) is 9.82. The fourth-order valence-corrected chi connectivity index (χ4v) is 8.58. The molecular formula is C47H29N3O. The van der Waals surface area contributed by atoms with Gasteiger partial charge >= 0.3 is 0 Å². The summed E-state index contributed by atoms with van der Waals surface area (Å²) >= 11 is 0. The van der Waals surface area contributed by atoms with Crippen LogP contribution >= 0.6 is 0 Å². The molecule has 1 atom stereocenters. The monoisotopic (exact) mass is 651 g/mol. The van der Waals surface area contributed by atoms with Gasteiger partial charge in [0, 0.05) is 45.2 Å². The van der Waals surface area contributed by atoms with Crippen molar-refractivity contribution in [2.24, 2.45) is 0 Å². The molecule has 1 unspecified atom stereocenters. The number of rotatable bonds is 2. The molecule has 0 fully saturated rings. The molecule has 238 valence electrons. The largest absolute Gasteiger partial charge is 0.456 e. The van der Waals surface area contributed by atoms with Gasteiger partial charge in [0.2, 0.25) is 0 Å². The normalized spacial score (nSPS) is 15.6. The molecule has 0 saturated heterocycles. The number of ether oxygens (including phenoxy) is 1. The summed E-state index contributed by atoms with van der Waals surface area (Å²) in [7, 11) is 0. The maximum atomic E-state index is 6.89. The van der Waals surface area contributed by atoms with E-state index in [1.54, 1.807) is 0 Å². The van der Waals surface area contributed by atoms with E-state index in [-0.39, 0.29) is 0 Å². The molecule has 0 N–H and O–H groups in total. The molecule has 4 heteroatoms. The van der Waals surface area contributed by atoms with Crippen LogP contribution in [-0.4, -0.2) is 14.5 Å². The SMILES string of the molecule is C1=Cc2ccc(-c3cnc4c(c3)c3ccccc3n4-c3ccccn3)cc2C2(c3ccccc31)c1ccccc1Oc1c2ccc2ccccc12. The summed E-state index contributed by atoms with van der Waals surface area (Å²) in [6.45, 7) is 0. The molecule has 0 amide bonds. The third-order valence-corrected chi connectivity index (χ3v) is 10.8. The van der Waals surface area contributed by atoms with E-state index >= 15 is 0 Å². The fourth-order valence-electron chi connectivity index (χ4n) is 8.58. The van der Waals surface area contributed by atoms with Gasteiger partial charge in [-0.05, 0) is 69.6 Å². The summed E-state index contributed by atoms with van der Waals surface area (Å²) in [6, 6.07) is 54.1. The summed E-state index contributed by atoms with van der Waals surface area (Å²) in [5, 5.41) is 4.51. The molecular weight excluding hydrogens is 623 g/mol. The zero-order valence-corrected chi connectivity index (χ0v) is 27.5. The van der Waals surface area contributed by atoms with Gasteiger partial charge < -0.3 is 4.74 Å². The highest BCUT2D eigenvalue weighted by atomic mass is 16.5. The lowest BCUT2D eigenvalue weighted by molar-refractivity contribution is 0.439. The van der Waals surface area contributed by atoms with Crippen LogP contribution in [0.5, 0.6) is 11.5 Å². The lowest BCUT2D eigenvalue weighted by Crippen LogP contribution is -2.35. The number of hydrogen-bond acceptors (Lipinski definition) is 3. The highest BCUT2D eigenvalue weighted by Crippen LogP contribution is 2.59. The first-order valence-corrected chi connectivity index (χ1v) is 17.3. The summed E-state index contributed by atoms with van der Waals surface area (Å²) in [6.07, 6.45) is 8.38. The minimum Gasteiger partial charge on any atom is -0.456 e. The molecule has 0 radical (unpaired) electrons. The van der Waals surface area contributed by atoms with Gasteiger partial charge in [-0.3, -0.25) is 4.57 Å². The Hall–Kier alpha value is -6.78. The summed E-state index contributed by atoms with van der Waals surface area (Å²) in [5.41, 5.74) is 10.6. The van der Waals surface area contributed by atoms with Crippen molar-refractivity contribution in [1.29, 1.82) is 0 Å². The van der Waals surface area contributed by atoms with Crippen molar-refractivity contribution in [3.8, 4) is 28.4 Å². The van der Waals surface area contributed by atoms with Gasteiger partial charge in [-0.15, -0.1) is 0 Å². The first kappa shape index (κ1) is 28.1. The van der Waals surface area contributed by atoms with Gasteiger partial charge in [0.25, 0.3) is 0 Å². The Morgan fingerprint density at radius 3 is 2.18 bits per heavy atom. The van der Waals surface area contributed by atoms with Crippen LogP contribution in [0, 0.1) is 0 Å². The van der Waals surface area contributed by atoms with E-state index < -0.39 is 5.41 Å². The molecule has 11 rings (SSSR count). The molecule has 51 heavy (non-hydrogen) atoms. The molecule has 6 aromatic carbocycles. The Morgan fingerprint density at radius 2 is 1.27 bits per heavy atom. The molecule has 4 heterocycles. The van der Waals surface area contributed by atoms with Crippen molar-refractivity contribution in [2.75, 3.05) is 0 Å². The van der Waals surface area contributed by atoms with Gasteiger partial charge in [-0.2, -0.15) is 0 Å². The Balaban J connectivity index is 1.21. The quantitative estimate of drug-likeness (QED) is 0.187. The maximum absolute atomic E-state index is 6.89. The standard InChI is InChI=1S/C47H29N3O/c1-3-13-35-30(11-1)24-25-40-45(35)51-43-18-8-6-16-39(43)47(40)38-15-5-2-12-31(38)20-21-32-22-23-33(28-41(32)47)34-27-37-36-14-4-7-17-42(36)50(46(37)49-29-34)44-19-9-10-26-48-44/h1-29H. The van der Waals surface area contributed by atoms with Crippen LogP contribution in [0.2, 0.25) is 0 Å². The lowest BCUT2D eigenvalue weighted by atomic mass is 9.62. The Labute approximate surface area is 294 Å². The van der Waals surface area contributed by atoms with E-state index in [0.717, 1.165) is 72.3 Å². The van der Waals surface area contributed by atoms with E-state index in [1.165, 1.54) is 22.3 Å². The second kappa shape index (κ2) is 10.6. The molecule has 0 bridgehead atoms. The van der Waals surface area contributed by atoms with Crippen LogP contribution < -0.4 is 4.74 Å². The highest BCUT2D eigenvalue weighted by Gasteiger charge is 2.48. The van der Waals surface area contributed by atoms with E-state index in [1.807, 2.05) is 30.6 Å². The van der Waals surface area contributed by atoms with Crippen molar-refractivity contribution in [3.63, 3.8) is 0 Å². The minimum atomic E-state index is -0.647. The predicted molar refractivity (Wildman–Crippen MR) is 207 cm³/mol. The van der Waals surface area contributed by atoms with E-state index in [9.17, 15) is 0 Å². The highest BCUT2D eigenvalue weighted by molar-refractivity contribution is 6.09. The van der Waals surface area contributed by atoms with Crippen LogP contribution in [0.3, 0.4) is 0 Å². The van der Waals surface area contributed by atoms with Crippen molar-refractivity contribution in [1.82, 2.24) is 14.5 Å². The molecule has 0 saturated carbocycles. The van der Waals surface area contributed by atoms with Crippen molar-refractivity contribution < 1.29 is 4.74 Å². The van der Waals surface area contributed by atoms with Gasteiger partial charge in [0.05, 0.1) is 10.9 Å². The number of aromatic nitrogens is 3. The topological polar surface area (TPSA) is 39.9 Å². The average molecular weight is 652 g/mol. The lowest BCUT2D eigenvalue weighted by Gasteiger charge is -2.43. The number of pyridine rings is 2. The Morgan fingerprint density at radius 1 is 0.510 bits per heavy atom. The number of benzene rings is 6. The molecule has 4 nitrogen and oxygen atoms in total. The van der Waals surface area contributed by atoms with Crippen LogP contribution in [0.4, 0.5) is 0 Å². The number of fused-ring (bicyclic) bond motifs is 13. The first-order valence-electron chi connectivity index (χ1n) is 17.3. The third kappa shape index (κ3) is 3.90. The van der Waals surface area contributed by atoms with E-state index in [4.69, 9.17) is 9.72 Å². The van der Waals surface area contributed by atoms with Crippen LogP contribution in [0.1, 0.15) is 33.4 Å². The zero-order chi connectivity index (χ0) is 33.5. The summed E-state index contributed by atoms with van der Waals surface area (Å²) < 4.78 is 9.05. The molecule has 3 aromatic heterocycles. The van der Waals surface area contributed by atoms with Gasteiger partial charge in [0.1, 0.15) is 23.0 Å². The van der Waals surface area contributed by atoms with Crippen LogP contribution in [-0.2, 0) is 5.41 Å². The molecule has 1 spiro atoms. The average Bonchev–Trinajstić information content (AvgIpc) is 3.45. The van der Waals surface area contributed by atoms with Gasteiger partial charge in [-0.1, -0.05) is 127 Å². The number of para-hydroxylation sites is 2. The van der Waals surface area contributed by atoms with E-state index in [2.05, 4.69) is 155 Å². The first-order chi connectivity index (χ1) is 25.3. The summed E-state index contributed by atoms with van der Waals surface area (Å²) in [5.74, 6) is 2.64. The smallest absolute Gasteiger partial charge is 0.146 e. The zero-order valence-electron chi connectivity index (χ0n) is 27.5. The van der Waals surface area contributed by atoms with Crippen molar-refractivity contribution >= 4 is 44.9 Å². The second-order valence-electron chi connectivity index (χ2n) is 13.4. The number of hydrogen-bond donors (Lipinski definition) is 0. The van der Waals surface area contributed by atoms with Gasteiger partial charge in [0.15, 0.2) is 0 Å². The fraction of sp³-hybridized carbons (Fsp3) is 0.0213. The Bertz CT molecular complexity index is 2900. The van der Waals surface area contributed by atoms with Crippen LogP contribution in [0.25, 0.3) is 61.8 Å². The van der Waals surface area contributed by atoms with Crippen molar-refractivity contribution in [3.05, 3.63) is 197 Å².